The Balaban J connectivity index is 1.86. The van der Waals surface area contributed by atoms with E-state index in [9.17, 15) is 40.2 Å². The highest BCUT2D eigenvalue weighted by atomic mass is 16.4. The quantitative estimate of drug-likeness (QED) is 0.164. The molecule has 0 aliphatic heterocycles. The average molecular weight is 503 g/mol. The van der Waals surface area contributed by atoms with Gasteiger partial charge in [0.05, 0.1) is 11.1 Å². The van der Waals surface area contributed by atoms with Crippen LogP contribution in [0.4, 0.5) is 0 Å². The van der Waals surface area contributed by atoms with Gasteiger partial charge in [-0.3, -0.25) is 4.79 Å². The Morgan fingerprint density at radius 1 is 0.892 bits per heavy atom. The molecule has 1 unspecified atom stereocenters. The predicted molar refractivity (Wildman–Crippen MR) is 137 cm³/mol. The standard InChI is InChI=1S/C29H26O8/c1-3-4-5-6-13-9-14-7-8-16-17(21(14)26(33)22(13)28(35)36)12-19-24(25(16)32)27(34)23-18(29(19,2)37)10-15(30)11-20(23)31/h7-12,30-33,37H,3-6H2,1-2H3,(H,35,36). The van der Waals surface area contributed by atoms with Crippen molar-refractivity contribution in [2.45, 2.75) is 45.1 Å². The van der Waals surface area contributed by atoms with Crippen LogP contribution < -0.4 is 0 Å². The summed E-state index contributed by atoms with van der Waals surface area (Å²) in [5, 5.41) is 65.4. The molecule has 4 aromatic carbocycles. The fraction of sp³-hybridized carbons (Fsp3) is 0.241. The molecule has 0 amide bonds. The van der Waals surface area contributed by atoms with Crippen molar-refractivity contribution in [3.05, 3.63) is 69.8 Å². The molecular formula is C29H26O8. The average Bonchev–Trinajstić information content (AvgIpc) is 2.81. The number of aromatic hydroxyl groups is 4. The first kappa shape index (κ1) is 24.4. The molecule has 6 N–H and O–H groups in total. The van der Waals surface area contributed by atoms with Crippen LogP contribution in [-0.4, -0.2) is 42.4 Å². The largest absolute Gasteiger partial charge is 0.508 e. The van der Waals surface area contributed by atoms with E-state index in [2.05, 4.69) is 0 Å². The summed E-state index contributed by atoms with van der Waals surface area (Å²) in [7, 11) is 0. The molecule has 0 heterocycles. The molecule has 0 saturated heterocycles. The summed E-state index contributed by atoms with van der Waals surface area (Å²) in [5.41, 5.74) is -2.16. The fourth-order valence-corrected chi connectivity index (χ4v) is 5.51. The number of hydrogen-bond donors (Lipinski definition) is 6. The molecular weight excluding hydrogens is 476 g/mol. The Morgan fingerprint density at radius 3 is 2.27 bits per heavy atom. The van der Waals surface area contributed by atoms with Crippen LogP contribution in [-0.2, 0) is 12.0 Å². The summed E-state index contributed by atoms with van der Waals surface area (Å²) in [6.45, 7) is 3.40. The number of unbranched alkanes of at least 4 members (excludes halogenated alkanes) is 2. The van der Waals surface area contributed by atoms with Gasteiger partial charge in [-0.2, -0.15) is 0 Å². The number of phenolic OH excluding ortho intramolecular Hbond substituents is 3. The van der Waals surface area contributed by atoms with Gasteiger partial charge in [0.15, 0.2) is 0 Å². The van der Waals surface area contributed by atoms with Crippen molar-refractivity contribution in [1.29, 1.82) is 0 Å². The molecule has 1 aliphatic carbocycles. The Hall–Kier alpha value is -4.30. The minimum Gasteiger partial charge on any atom is -0.508 e. The first-order valence-electron chi connectivity index (χ1n) is 12.0. The molecule has 1 aliphatic rings. The summed E-state index contributed by atoms with van der Waals surface area (Å²) in [6, 6.07) is 8.50. The molecule has 0 spiro atoms. The predicted octanol–water partition coefficient (Wildman–Crippen LogP) is 5.05. The SMILES string of the molecule is CCCCCc1cc2ccc3c(O)c4c(cc3c2c(O)c1C(=O)O)C(C)(O)c1cc(O)cc(O)c1C4=O. The summed E-state index contributed by atoms with van der Waals surface area (Å²) in [6.07, 6.45) is 3.09. The van der Waals surface area contributed by atoms with Crippen molar-refractivity contribution < 1.29 is 40.2 Å². The van der Waals surface area contributed by atoms with Gasteiger partial charge in [-0.1, -0.05) is 25.8 Å². The molecule has 0 saturated carbocycles. The maximum Gasteiger partial charge on any atom is 0.339 e. The number of benzene rings is 4. The second-order valence-electron chi connectivity index (χ2n) is 9.72. The second kappa shape index (κ2) is 8.38. The Morgan fingerprint density at radius 2 is 1.59 bits per heavy atom. The van der Waals surface area contributed by atoms with Crippen LogP contribution in [0.25, 0.3) is 21.5 Å². The van der Waals surface area contributed by atoms with E-state index >= 15 is 0 Å². The highest BCUT2D eigenvalue weighted by molar-refractivity contribution is 6.22. The minimum absolute atomic E-state index is 0.00389. The van der Waals surface area contributed by atoms with Crippen molar-refractivity contribution in [2.75, 3.05) is 0 Å². The van der Waals surface area contributed by atoms with Crippen LogP contribution in [0.1, 0.15) is 76.1 Å². The van der Waals surface area contributed by atoms with E-state index in [-0.39, 0.29) is 49.7 Å². The number of hydrogen-bond acceptors (Lipinski definition) is 7. The Bertz CT molecular complexity index is 1650. The van der Waals surface area contributed by atoms with Gasteiger partial charge in [-0.15, -0.1) is 0 Å². The number of carbonyl (C=O) groups is 2. The zero-order valence-corrected chi connectivity index (χ0v) is 20.3. The molecule has 37 heavy (non-hydrogen) atoms. The summed E-state index contributed by atoms with van der Waals surface area (Å²) >= 11 is 0. The van der Waals surface area contributed by atoms with E-state index < -0.39 is 34.6 Å². The number of ketones is 1. The Labute approximate surface area is 211 Å². The Kier molecular flexibility index (Phi) is 5.53. The third-order valence-corrected chi connectivity index (χ3v) is 7.32. The number of fused-ring (bicyclic) bond motifs is 5. The number of carboxylic acids is 1. The zero-order valence-electron chi connectivity index (χ0n) is 20.3. The third kappa shape index (κ3) is 3.48. The van der Waals surface area contributed by atoms with Gasteiger partial charge in [0.2, 0.25) is 5.78 Å². The maximum absolute atomic E-state index is 13.4. The molecule has 0 radical (unpaired) electrons. The zero-order chi connectivity index (χ0) is 26.8. The van der Waals surface area contributed by atoms with Crippen LogP contribution in [0.5, 0.6) is 23.0 Å². The van der Waals surface area contributed by atoms with Crippen LogP contribution >= 0.6 is 0 Å². The fourth-order valence-electron chi connectivity index (χ4n) is 5.51. The van der Waals surface area contributed by atoms with Crippen molar-refractivity contribution >= 4 is 33.3 Å². The highest BCUT2D eigenvalue weighted by Crippen LogP contribution is 2.50. The molecule has 8 heteroatoms. The van der Waals surface area contributed by atoms with E-state index in [1.54, 1.807) is 18.2 Å². The monoisotopic (exact) mass is 502 g/mol. The molecule has 5 rings (SSSR count). The highest BCUT2D eigenvalue weighted by Gasteiger charge is 2.43. The van der Waals surface area contributed by atoms with Crippen molar-refractivity contribution in [2.24, 2.45) is 0 Å². The van der Waals surface area contributed by atoms with Crippen molar-refractivity contribution in [1.82, 2.24) is 0 Å². The van der Waals surface area contributed by atoms with E-state index in [1.807, 2.05) is 6.92 Å². The minimum atomic E-state index is -1.92. The van der Waals surface area contributed by atoms with E-state index in [0.717, 1.165) is 25.3 Å². The van der Waals surface area contributed by atoms with Crippen LogP contribution in [0, 0.1) is 0 Å². The van der Waals surface area contributed by atoms with Crippen molar-refractivity contribution in [3.8, 4) is 23.0 Å². The summed E-state index contributed by atoms with van der Waals surface area (Å²) in [5.74, 6) is -3.85. The summed E-state index contributed by atoms with van der Waals surface area (Å²) in [4.78, 5) is 25.6. The number of rotatable bonds is 5. The maximum atomic E-state index is 13.4. The van der Waals surface area contributed by atoms with Crippen molar-refractivity contribution in [3.63, 3.8) is 0 Å². The normalized spacial score (nSPS) is 16.7. The summed E-state index contributed by atoms with van der Waals surface area (Å²) < 4.78 is 0. The third-order valence-electron chi connectivity index (χ3n) is 7.32. The van der Waals surface area contributed by atoms with Crippen LogP contribution in [0.15, 0.2) is 36.4 Å². The molecule has 4 aromatic rings. The molecule has 8 nitrogen and oxygen atoms in total. The van der Waals surface area contributed by atoms with Crippen LogP contribution in [0.3, 0.4) is 0 Å². The van der Waals surface area contributed by atoms with Gasteiger partial charge in [-0.05, 0) is 60.4 Å². The van der Waals surface area contributed by atoms with Gasteiger partial charge in [0.25, 0.3) is 0 Å². The number of carboxylic acid groups (broad SMARTS) is 1. The lowest BCUT2D eigenvalue weighted by molar-refractivity contribution is 0.0692. The van der Waals surface area contributed by atoms with Gasteiger partial charge in [-0.25, -0.2) is 4.79 Å². The van der Waals surface area contributed by atoms with Gasteiger partial charge in [0.1, 0.15) is 34.2 Å². The molecule has 0 fully saturated rings. The molecule has 0 aromatic heterocycles. The number of aryl methyl sites for hydroxylation is 1. The lowest BCUT2D eigenvalue weighted by Gasteiger charge is -2.34. The number of aromatic carboxylic acids is 1. The number of aliphatic hydroxyl groups is 1. The molecule has 0 bridgehead atoms. The van der Waals surface area contributed by atoms with E-state index in [4.69, 9.17) is 0 Å². The first-order chi connectivity index (χ1) is 17.5. The van der Waals surface area contributed by atoms with Gasteiger partial charge in [0, 0.05) is 28.0 Å². The topological polar surface area (TPSA) is 156 Å². The van der Waals surface area contributed by atoms with E-state index in [1.165, 1.54) is 19.1 Å². The smallest absolute Gasteiger partial charge is 0.339 e. The second-order valence-corrected chi connectivity index (χ2v) is 9.72. The van der Waals surface area contributed by atoms with Gasteiger partial charge < -0.3 is 30.6 Å². The molecule has 190 valence electrons. The first-order valence-corrected chi connectivity index (χ1v) is 12.0. The lowest BCUT2D eigenvalue weighted by Crippen LogP contribution is -2.33. The molecule has 1 atom stereocenters. The van der Waals surface area contributed by atoms with E-state index in [0.29, 0.717) is 17.4 Å². The van der Waals surface area contributed by atoms with Crippen LogP contribution in [0.2, 0.25) is 0 Å². The number of carbonyl (C=O) groups excluding carboxylic acids is 1. The lowest BCUT2D eigenvalue weighted by atomic mass is 9.73. The number of phenols is 4. The van der Waals surface area contributed by atoms with Gasteiger partial charge >= 0.3 is 5.97 Å².